The number of carbonyl (C=O) groups is 1. The number of hydrogen-bond acceptors (Lipinski definition) is 3. The highest BCUT2D eigenvalue weighted by atomic mass is 79.9. The van der Waals surface area contributed by atoms with Crippen LogP contribution < -0.4 is 4.90 Å². The lowest BCUT2D eigenvalue weighted by Crippen LogP contribution is -2.50. The van der Waals surface area contributed by atoms with E-state index in [1.165, 1.54) is 0 Å². The minimum atomic E-state index is -0.310. The first-order valence-electron chi connectivity index (χ1n) is 9.93. The third-order valence-electron chi connectivity index (χ3n) is 6.63. The maximum Gasteiger partial charge on any atom is 0.230 e. The van der Waals surface area contributed by atoms with Crippen molar-refractivity contribution in [1.29, 1.82) is 0 Å². The Morgan fingerprint density at radius 3 is 2.70 bits per heavy atom. The number of amides is 1. The molecule has 1 atom stereocenters. The quantitative estimate of drug-likeness (QED) is 0.716. The molecule has 5 nitrogen and oxygen atoms in total. The van der Waals surface area contributed by atoms with E-state index in [2.05, 4.69) is 30.6 Å². The molecule has 0 unspecified atom stereocenters. The molecule has 144 valence electrons. The van der Waals surface area contributed by atoms with Crippen molar-refractivity contribution >= 4 is 33.2 Å². The zero-order chi connectivity index (χ0) is 19.0. The van der Waals surface area contributed by atoms with Gasteiger partial charge in [0.1, 0.15) is 0 Å². The molecule has 0 aromatic heterocycles. The van der Waals surface area contributed by atoms with E-state index in [1.807, 2.05) is 18.2 Å². The van der Waals surface area contributed by atoms with Crippen LogP contribution in [0.2, 0.25) is 0 Å². The molecule has 1 aliphatic carbocycles. The van der Waals surface area contributed by atoms with Crippen LogP contribution in [0.3, 0.4) is 0 Å². The van der Waals surface area contributed by atoms with Crippen LogP contribution in [-0.4, -0.2) is 47.7 Å². The summed E-state index contributed by atoms with van der Waals surface area (Å²) in [6, 6.07) is 6.05. The van der Waals surface area contributed by atoms with Crippen LogP contribution in [0.5, 0.6) is 0 Å². The summed E-state index contributed by atoms with van der Waals surface area (Å²) >= 11 is 3.52. The average molecular weight is 432 g/mol. The molecule has 1 N–H and O–H groups in total. The number of benzene rings is 1. The number of aliphatic hydroxyl groups is 1. The Morgan fingerprint density at radius 1 is 1.19 bits per heavy atom. The second kappa shape index (κ2) is 7.44. The molecule has 1 spiro atoms. The Kier molecular flexibility index (Phi) is 5.17. The largest absolute Gasteiger partial charge is 0.393 e. The van der Waals surface area contributed by atoms with Crippen LogP contribution in [0.15, 0.2) is 22.7 Å². The van der Waals surface area contributed by atoms with Gasteiger partial charge >= 0.3 is 0 Å². The highest BCUT2D eigenvalue weighted by molar-refractivity contribution is 9.10. The summed E-state index contributed by atoms with van der Waals surface area (Å²) in [6.45, 7) is 9.92. The fourth-order valence-corrected chi connectivity index (χ4v) is 5.48. The first-order chi connectivity index (χ1) is 13.0. The maximum atomic E-state index is 13.4. The number of anilines is 1. The molecule has 1 aromatic rings. The number of aliphatic hydroxyl groups excluding tert-OH is 1. The van der Waals surface area contributed by atoms with E-state index in [-0.39, 0.29) is 11.5 Å². The van der Waals surface area contributed by atoms with Crippen LogP contribution in [-0.2, 0) is 4.79 Å². The smallest absolute Gasteiger partial charge is 0.230 e. The topological polar surface area (TPSA) is 48.1 Å². The van der Waals surface area contributed by atoms with Crippen LogP contribution in [0.25, 0.3) is 4.85 Å². The minimum absolute atomic E-state index is 0.193. The van der Waals surface area contributed by atoms with Gasteiger partial charge in [0.15, 0.2) is 0 Å². The van der Waals surface area contributed by atoms with Gasteiger partial charge in [-0.3, -0.25) is 4.79 Å². The summed E-state index contributed by atoms with van der Waals surface area (Å²) in [7, 11) is 0. The van der Waals surface area contributed by atoms with Crippen LogP contribution in [0.4, 0.5) is 11.4 Å². The summed E-state index contributed by atoms with van der Waals surface area (Å²) in [5.74, 6) is 0.299. The molecule has 1 amide bonds. The fraction of sp³-hybridized carbons (Fsp3) is 0.619. The molecule has 0 bridgehead atoms. The number of piperidine rings is 1. The van der Waals surface area contributed by atoms with Crippen molar-refractivity contribution < 1.29 is 9.90 Å². The molecule has 2 saturated heterocycles. The lowest BCUT2D eigenvalue weighted by molar-refractivity contribution is -0.139. The third kappa shape index (κ3) is 3.48. The molecule has 1 saturated carbocycles. The normalized spacial score (nSPS) is 31.4. The van der Waals surface area contributed by atoms with Gasteiger partial charge in [0, 0.05) is 35.8 Å². The Morgan fingerprint density at radius 2 is 1.96 bits per heavy atom. The molecule has 6 heteroatoms. The molecule has 4 rings (SSSR count). The Labute approximate surface area is 169 Å². The van der Waals surface area contributed by atoms with Gasteiger partial charge in [0.05, 0.1) is 18.1 Å². The fourth-order valence-electron chi connectivity index (χ4n) is 5.13. The van der Waals surface area contributed by atoms with Crippen molar-refractivity contribution in [3.05, 3.63) is 34.1 Å². The van der Waals surface area contributed by atoms with Gasteiger partial charge in [-0.25, -0.2) is 4.85 Å². The monoisotopic (exact) mass is 431 g/mol. The SMILES string of the molecule is [C-]#[N+]c1ccc(Br)cc1N1CCC[C@]2(CCN([C@H]3CC[C@H](O)CC3)C2=O)C1. The van der Waals surface area contributed by atoms with Crippen molar-refractivity contribution in [1.82, 2.24) is 4.90 Å². The maximum absolute atomic E-state index is 13.4. The van der Waals surface area contributed by atoms with E-state index >= 15 is 0 Å². The van der Waals surface area contributed by atoms with Crippen molar-refractivity contribution in [2.75, 3.05) is 24.5 Å². The van der Waals surface area contributed by atoms with E-state index in [0.29, 0.717) is 24.2 Å². The zero-order valence-electron chi connectivity index (χ0n) is 15.5. The van der Waals surface area contributed by atoms with Crippen LogP contribution in [0.1, 0.15) is 44.9 Å². The molecule has 0 radical (unpaired) electrons. The van der Waals surface area contributed by atoms with Crippen molar-refractivity contribution in [2.24, 2.45) is 5.41 Å². The molecule has 1 aromatic carbocycles. The summed E-state index contributed by atoms with van der Waals surface area (Å²) in [5.41, 5.74) is 1.28. The summed E-state index contributed by atoms with van der Waals surface area (Å²) < 4.78 is 0.963. The first kappa shape index (κ1) is 18.8. The van der Waals surface area contributed by atoms with Crippen molar-refractivity contribution in [3.63, 3.8) is 0 Å². The first-order valence-corrected chi connectivity index (χ1v) is 10.7. The number of rotatable bonds is 2. The number of likely N-dealkylation sites (tertiary alicyclic amines) is 1. The zero-order valence-corrected chi connectivity index (χ0v) is 17.1. The summed E-state index contributed by atoms with van der Waals surface area (Å²) in [6.07, 6.45) is 6.08. The molecular formula is C21H26BrN3O2. The molecule has 3 fully saturated rings. The predicted octanol–water partition coefficient (Wildman–Crippen LogP) is 4.12. The highest BCUT2D eigenvalue weighted by Gasteiger charge is 2.50. The standard InChI is InChI=1S/C21H26BrN3O2/c1-23-18-8-3-15(22)13-19(18)24-11-2-9-21(14-24)10-12-25(20(21)27)16-4-6-17(26)7-5-16/h3,8,13,16-17,26H,2,4-7,9-12,14H2/t16-,17-,21-/m0/s1. The van der Waals surface area contributed by atoms with E-state index in [0.717, 1.165) is 68.2 Å². The van der Waals surface area contributed by atoms with Gasteiger partial charge in [-0.1, -0.05) is 28.1 Å². The molecule has 3 aliphatic rings. The number of nitrogens with zero attached hydrogens (tertiary/aromatic N) is 3. The van der Waals surface area contributed by atoms with Gasteiger partial charge in [0.2, 0.25) is 11.6 Å². The summed E-state index contributed by atoms with van der Waals surface area (Å²) in [5, 5.41) is 9.77. The van der Waals surface area contributed by atoms with E-state index < -0.39 is 0 Å². The lowest BCUT2D eigenvalue weighted by atomic mass is 9.78. The van der Waals surface area contributed by atoms with Gasteiger partial charge in [-0.05, 0) is 51.0 Å². The van der Waals surface area contributed by atoms with Crippen molar-refractivity contribution in [2.45, 2.75) is 57.1 Å². The second-order valence-corrected chi connectivity index (χ2v) is 9.18. The Balaban J connectivity index is 1.54. The molecule has 27 heavy (non-hydrogen) atoms. The number of carbonyl (C=O) groups excluding carboxylic acids is 1. The van der Waals surface area contributed by atoms with Crippen molar-refractivity contribution in [3.8, 4) is 0 Å². The minimum Gasteiger partial charge on any atom is -0.393 e. The summed E-state index contributed by atoms with van der Waals surface area (Å²) in [4.78, 5) is 21.5. The molecule has 2 aliphatic heterocycles. The van der Waals surface area contributed by atoms with E-state index in [9.17, 15) is 9.90 Å². The van der Waals surface area contributed by atoms with Gasteiger partial charge < -0.3 is 14.9 Å². The third-order valence-corrected chi connectivity index (χ3v) is 7.12. The second-order valence-electron chi connectivity index (χ2n) is 8.26. The van der Waals surface area contributed by atoms with Crippen LogP contribution in [0, 0.1) is 12.0 Å². The average Bonchev–Trinajstić information content (AvgIpc) is 2.98. The Hall–Kier alpha value is -1.58. The molecular weight excluding hydrogens is 406 g/mol. The van der Waals surface area contributed by atoms with Crippen LogP contribution >= 0.6 is 15.9 Å². The Bertz CT molecular complexity index is 769. The molecule has 2 heterocycles. The highest BCUT2D eigenvalue weighted by Crippen LogP contribution is 2.45. The van der Waals surface area contributed by atoms with E-state index in [1.54, 1.807) is 0 Å². The van der Waals surface area contributed by atoms with Gasteiger partial charge in [0.25, 0.3) is 0 Å². The number of hydrogen-bond donors (Lipinski definition) is 1. The predicted molar refractivity (Wildman–Crippen MR) is 109 cm³/mol. The van der Waals surface area contributed by atoms with Gasteiger partial charge in [-0.15, -0.1) is 0 Å². The van der Waals surface area contributed by atoms with E-state index in [4.69, 9.17) is 6.57 Å². The lowest BCUT2D eigenvalue weighted by Gasteiger charge is -2.42. The number of halogens is 1. The van der Waals surface area contributed by atoms with Gasteiger partial charge in [-0.2, -0.15) is 0 Å².